The SMILES string of the molecule is C1C2C3=C4C1C4C32. The van der Waals surface area contributed by atoms with Gasteiger partial charge in [-0.3, -0.25) is 0 Å². The van der Waals surface area contributed by atoms with Crippen LogP contribution in [0.25, 0.3) is 0 Å². The topological polar surface area (TPSA) is 0 Å². The lowest BCUT2D eigenvalue weighted by molar-refractivity contribution is 0.732. The molecule has 3 fully saturated rings. The normalized spacial score (nSPS) is 75.4. The highest BCUT2D eigenvalue weighted by Gasteiger charge is 2.79. The second-order valence-electron chi connectivity index (χ2n) is 3.41. The van der Waals surface area contributed by atoms with Gasteiger partial charge in [-0.15, -0.1) is 0 Å². The van der Waals surface area contributed by atoms with Gasteiger partial charge in [0.1, 0.15) is 0 Å². The van der Waals surface area contributed by atoms with Gasteiger partial charge in [-0.05, 0) is 30.1 Å². The van der Waals surface area contributed by atoms with Crippen molar-refractivity contribution in [2.45, 2.75) is 6.42 Å². The molecule has 0 saturated heterocycles. The molecule has 34 valence electrons. The van der Waals surface area contributed by atoms with Crippen LogP contribution in [0, 0.1) is 23.7 Å². The lowest BCUT2D eigenvalue weighted by atomic mass is 10.1. The van der Waals surface area contributed by atoms with Gasteiger partial charge in [0, 0.05) is 0 Å². The van der Waals surface area contributed by atoms with E-state index < -0.39 is 0 Å². The Labute approximate surface area is 42.2 Å². The molecule has 0 nitrogen and oxygen atoms in total. The van der Waals surface area contributed by atoms with Crippen LogP contribution in [0.3, 0.4) is 0 Å². The number of hydrogen-bond acceptors (Lipinski definition) is 0. The predicted molar refractivity (Wildman–Crippen MR) is 25.6 cm³/mol. The first-order chi connectivity index (χ1) is 3.48. The first-order valence-corrected chi connectivity index (χ1v) is 3.22. The highest BCUT2D eigenvalue weighted by atomic mass is 14.8. The molecule has 0 N–H and O–H groups in total. The average molecular weight is 90.1 g/mol. The Hall–Kier alpha value is -0.260. The standard InChI is InChI=1S/C7H6/c1-2-4-5(2)7-3(1)6(4)7/h2-4,6H,1H2. The minimum absolute atomic E-state index is 1.17. The molecular weight excluding hydrogens is 84.1 g/mol. The zero-order chi connectivity index (χ0) is 4.17. The third-order valence-electron chi connectivity index (χ3n) is 3.39. The van der Waals surface area contributed by atoms with E-state index in [0.717, 1.165) is 0 Å². The van der Waals surface area contributed by atoms with Gasteiger partial charge in [0.25, 0.3) is 0 Å². The molecule has 0 radical (unpaired) electrons. The van der Waals surface area contributed by atoms with Crippen molar-refractivity contribution in [2.24, 2.45) is 23.7 Å². The van der Waals surface area contributed by atoms with Crippen LogP contribution in [0.15, 0.2) is 11.1 Å². The van der Waals surface area contributed by atoms with Crippen molar-refractivity contribution < 1.29 is 0 Å². The first kappa shape index (κ1) is 2.34. The average Bonchev–Trinajstić information content (AvgIpc) is 2.18. The van der Waals surface area contributed by atoms with Crippen LogP contribution in [0.1, 0.15) is 6.42 Å². The highest BCUT2D eigenvalue weighted by Crippen LogP contribution is 2.87. The van der Waals surface area contributed by atoms with Crippen LogP contribution in [-0.2, 0) is 0 Å². The van der Waals surface area contributed by atoms with Gasteiger partial charge in [0.15, 0.2) is 0 Å². The Kier molecular flexibility index (Phi) is 0.123. The lowest BCUT2D eigenvalue weighted by Crippen LogP contribution is -1.83. The third-order valence-corrected chi connectivity index (χ3v) is 3.39. The third kappa shape index (κ3) is 0.0797. The minimum Gasteiger partial charge on any atom is -0.0623 e. The summed E-state index contributed by atoms with van der Waals surface area (Å²) in [6, 6.07) is 0. The fourth-order valence-corrected chi connectivity index (χ4v) is 3.11. The van der Waals surface area contributed by atoms with E-state index >= 15 is 0 Å². The van der Waals surface area contributed by atoms with E-state index in [9.17, 15) is 0 Å². The number of rotatable bonds is 0. The first-order valence-electron chi connectivity index (χ1n) is 3.22. The molecular formula is C7H6. The Morgan fingerprint density at radius 2 is 1.57 bits per heavy atom. The number of allylic oxidation sites excluding steroid dienone is 2. The molecule has 5 aliphatic rings. The maximum absolute atomic E-state index is 1.93. The van der Waals surface area contributed by atoms with E-state index in [2.05, 4.69) is 0 Å². The Morgan fingerprint density at radius 1 is 1.00 bits per heavy atom. The Balaban J connectivity index is 2.41. The summed E-state index contributed by atoms with van der Waals surface area (Å²) >= 11 is 0. The quantitative estimate of drug-likeness (QED) is 0.392. The molecule has 0 heterocycles. The Bertz CT molecular complexity index is 173. The van der Waals surface area contributed by atoms with Crippen molar-refractivity contribution in [2.75, 3.05) is 0 Å². The van der Waals surface area contributed by atoms with Gasteiger partial charge in [-0.25, -0.2) is 0 Å². The molecule has 3 saturated carbocycles. The van der Waals surface area contributed by atoms with Crippen LogP contribution in [0.4, 0.5) is 0 Å². The zero-order valence-electron chi connectivity index (χ0n) is 4.02. The monoisotopic (exact) mass is 90.0 g/mol. The van der Waals surface area contributed by atoms with Crippen LogP contribution in [-0.4, -0.2) is 0 Å². The molecule has 7 heavy (non-hydrogen) atoms. The lowest BCUT2D eigenvalue weighted by Gasteiger charge is -1.90. The van der Waals surface area contributed by atoms with E-state index in [-0.39, 0.29) is 0 Å². The summed E-state index contributed by atoms with van der Waals surface area (Å²) in [6.07, 6.45) is 1.58. The molecule has 0 aliphatic heterocycles. The molecule has 0 heteroatoms. The van der Waals surface area contributed by atoms with Crippen LogP contribution >= 0.6 is 0 Å². The molecule has 0 spiro atoms. The van der Waals surface area contributed by atoms with E-state index in [1.165, 1.54) is 23.7 Å². The van der Waals surface area contributed by atoms with Crippen LogP contribution in [0.5, 0.6) is 0 Å². The summed E-state index contributed by atoms with van der Waals surface area (Å²) in [7, 11) is 0. The zero-order valence-corrected chi connectivity index (χ0v) is 4.02. The van der Waals surface area contributed by atoms with Crippen molar-refractivity contribution in [1.29, 1.82) is 0 Å². The second kappa shape index (κ2) is 0.367. The maximum Gasteiger partial charge on any atom is -0.00597 e. The van der Waals surface area contributed by atoms with Crippen molar-refractivity contribution >= 4 is 0 Å². The van der Waals surface area contributed by atoms with E-state index in [1.807, 2.05) is 11.1 Å². The maximum atomic E-state index is 1.93. The number of hydrogen-bond donors (Lipinski definition) is 0. The van der Waals surface area contributed by atoms with Crippen molar-refractivity contribution in [1.82, 2.24) is 0 Å². The van der Waals surface area contributed by atoms with Gasteiger partial charge in [-0.2, -0.15) is 0 Å². The fraction of sp³-hybridized carbons (Fsp3) is 0.714. The van der Waals surface area contributed by atoms with E-state index in [4.69, 9.17) is 0 Å². The largest absolute Gasteiger partial charge is 0.0623 e. The van der Waals surface area contributed by atoms with E-state index in [1.54, 1.807) is 6.42 Å². The summed E-state index contributed by atoms with van der Waals surface area (Å²) in [4.78, 5) is 0. The van der Waals surface area contributed by atoms with Gasteiger partial charge >= 0.3 is 0 Å². The molecule has 2 bridgehead atoms. The molecule has 5 rings (SSSR count). The summed E-state index contributed by atoms with van der Waals surface area (Å²) in [5.41, 5.74) is 3.85. The van der Waals surface area contributed by atoms with Gasteiger partial charge < -0.3 is 0 Å². The summed E-state index contributed by atoms with van der Waals surface area (Å²) in [5.74, 6) is 4.73. The van der Waals surface area contributed by atoms with Crippen molar-refractivity contribution in [3.8, 4) is 0 Å². The summed E-state index contributed by atoms with van der Waals surface area (Å²) in [6.45, 7) is 0. The fourth-order valence-electron chi connectivity index (χ4n) is 3.11. The van der Waals surface area contributed by atoms with E-state index in [0.29, 0.717) is 0 Å². The van der Waals surface area contributed by atoms with Crippen LogP contribution < -0.4 is 0 Å². The molecule has 5 aliphatic carbocycles. The van der Waals surface area contributed by atoms with Gasteiger partial charge in [0.2, 0.25) is 0 Å². The van der Waals surface area contributed by atoms with Gasteiger partial charge in [0.05, 0.1) is 0 Å². The summed E-state index contributed by atoms with van der Waals surface area (Å²) < 4.78 is 0. The van der Waals surface area contributed by atoms with Gasteiger partial charge in [-0.1, -0.05) is 11.1 Å². The minimum atomic E-state index is 1.17. The van der Waals surface area contributed by atoms with Crippen LogP contribution in [0.2, 0.25) is 0 Å². The molecule has 0 aromatic carbocycles. The molecule has 4 atom stereocenters. The Morgan fingerprint density at radius 3 is 1.71 bits per heavy atom. The van der Waals surface area contributed by atoms with Crippen molar-refractivity contribution in [3.05, 3.63) is 11.1 Å². The predicted octanol–water partition coefficient (Wildman–Crippen LogP) is 1.19. The summed E-state index contributed by atoms with van der Waals surface area (Å²) in [5, 5.41) is 0. The molecule has 0 aromatic rings. The molecule has 0 aromatic heterocycles. The smallest absolute Gasteiger partial charge is 0.00597 e. The molecule has 0 amide bonds. The highest BCUT2D eigenvalue weighted by molar-refractivity contribution is 5.66. The second-order valence-corrected chi connectivity index (χ2v) is 3.41. The molecule has 4 unspecified atom stereocenters. The van der Waals surface area contributed by atoms with Crippen molar-refractivity contribution in [3.63, 3.8) is 0 Å².